The molecule has 1 amide bonds. The first kappa shape index (κ1) is 13.3. The summed E-state index contributed by atoms with van der Waals surface area (Å²) < 4.78 is 5.39. The molecule has 1 unspecified atom stereocenters. The zero-order valence-corrected chi connectivity index (χ0v) is 11.3. The van der Waals surface area contributed by atoms with Crippen LogP contribution in [0.4, 0.5) is 11.7 Å². The number of amides is 1. The zero-order valence-electron chi connectivity index (χ0n) is 11.3. The van der Waals surface area contributed by atoms with Gasteiger partial charge in [0.1, 0.15) is 6.04 Å². The molecule has 1 aliphatic rings. The number of fused-ring (bicyclic) bond motifs is 1. The normalized spacial score (nSPS) is 15.7. The summed E-state index contributed by atoms with van der Waals surface area (Å²) in [5, 5.41) is 16.6. The monoisotopic (exact) mass is 290 g/mol. The van der Waals surface area contributed by atoms with Crippen molar-refractivity contribution in [2.24, 2.45) is 0 Å². The summed E-state index contributed by atoms with van der Waals surface area (Å²) in [6.07, 6.45) is 2.01. The number of anilines is 1. The summed E-state index contributed by atoms with van der Waals surface area (Å²) in [4.78, 5) is 26.3. The Labute approximate surface area is 119 Å². The van der Waals surface area contributed by atoms with E-state index < -0.39 is 11.0 Å². The number of oxazole rings is 1. The molecule has 110 valence electrons. The number of carbonyl (C=O) groups excluding carboxylic acids is 1. The maximum atomic E-state index is 11.8. The topological polar surface area (TPSA) is 110 Å². The third-order valence-electron chi connectivity index (χ3n) is 3.25. The lowest BCUT2D eigenvalue weighted by Gasteiger charge is -2.11. The minimum Gasteiger partial charge on any atom is -0.423 e. The third-order valence-corrected chi connectivity index (χ3v) is 3.25. The Morgan fingerprint density at radius 1 is 1.52 bits per heavy atom. The van der Waals surface area contributed by atoms with Gasteiger partial charge in [-0.05, 0) is 25.8 Å². The number of nitro groups is 1. The fourth-order valence-corrected chi connectivity index (χ4v) is 1.95. The fraction of sp³-hybridized carbons (Fsp3) is 0.385. The Morgan fingerprint density at radius 2 is 2.29 bits per heavy atom. The van der Waals surface area contributed by atoms with Gasteiger partial charge in [-0.2, -0.15) is 4.98 Å². The van der Waals surface area contributed by atoms with Crippen LogP contribution in [-0.2, 0) is 4.79 Å². The molecule has 0 saturated heterocycles. The van der Waals surface area contributed by atoms with Crippen LogP contribution in [0.1, 0.15) is 19.8 Å². The first-order chi connectivity index (χ1) is 10.0. The van der Waals surface area contributed by atoms with Gasteiger partial charge in [0, 0.05) is 12.1 Å². The number of para-hydroxylation sites is 1. The molecule has 1 heterocycles. The van der Waals surface area contributed by atoms with Gasteiger partial charge in [0.05, 0.1) is 4.92 Å². The average molecular weight is 290 g/mol. The minimum atomic E-state index is -0.530. The van der Waals surface area contributed by atoms with Gasteiger partial charge < -0.3 is 15.1 Å². The summed E-state index contributed by atoms with van der Waals surface area (Å²) >= 11 is 0. The standard InChI is InChI=1S/C13H14N4O4/c1-7(12(18)15-8-5-6-8)14-13-16-11-9(17(19)20)3-2-4-10(11)21-13/h2-4,7-8H,5-6H2,1H3,(H,14,16)(H,15,18). The van der Waals surface area contributed by atoms with Crippen molar-refractivity contribution in [1.29, 1.82) is 0 Å². The lowest BCUT2D eigenvalue weighted by Crippen LogP contribution is -2.38. The molecule has 1 fully saturated rings. The van der Waals surface area contributed by atoms with E-state index in [4.69, 9.17) is 4.42 Å². The second-order valence-corrected chi connectivity index (χ2v) is 5.05. The molecule has 1 saturated carbocycles. The van der Waals surface area contributed by atoms with Gasteiger partial charge >= 0.3 is 0 Å². The van der Waals surface area contributed by atoms with Crippen LogP contribution in [0.3, 0.4) is 0 Å². The molecule has 3 rings (SSSR count). The molecule has 0 radical (unpaired) electrons. The molecule has 21 heavy (non-hydrogen) atoms. The first-order valence-electron chi connectivity index (χ1n) is 6.65. The molecule has 1 aliphatic carbocycles. The molecular formula is C13H14N4O4. The maximum Gasteiger partial charge on any atom is 0.298 e. The number of nitrogens with zero attached hydrogens (tertiary/aromatic N) is 2. The second kappa shape index (κ2) is 5.04. The third kappa shape index (κ3) is 2.78. The van der Waals surface area contributed by atoms with Gasteiger partial charge in [-0.3, -0.25) is 14.9 Å². The molecule has 2 aromatic rings. The van der Waals surface area contributed by atoms with Gasteiger partial charge in [0.25, 0.3) is 11.7 Å². The summed E-state index contributed by atoms with van der Waals surface area (Å²) in [6.45, 7) is 1.68. The number of carbonyl (C=O) groups is 1. The number of hydrogen-bond donors (Lipinski definition) is 2. The molecule has 1 aromatic carbocycles. The Hall–Kier alpha value is -2.64. The number of benzene rings is 1. The number of hydrogen-bond acceptors (Lipinski definition) is 6. The molecule has 1 aromatic heterocycles. The van der Waals surface area contributed by atoms with E-state index in [-0.39, 0.29) is 29.2 Å². The van der Waals surface area contributed by atoms with Crippen LogP contribution in [0.5, 0.6) is 0 Å². The molecule has 2 N–H and O–H groups in total. The minimum absolute atomic E-state index is 0.0951. The van der Waals surface area contributed by atoms with E-state index in [9.17, 15) is 14.9 Å². The van der Waals surface area contributed by atoms with Gasteiger partial charge in [-0.15, -0.1) is 0 Å². The summed E-state index contributed by atoms with van der Waals surface area (Å²) in [6, 6.07) is 4.31. The molecule has 8 heteroatoms. The number of aromatic nitrogens is 1. The quantitative estimate of drug-likeness (QED) is 0.642. The number of rotatable bonds is 5. The van der Waals surface area contributed by atoms with E-state index >= 15 is 0 Å². The molecule has 8 nitrogen and oxygen atoms in total. The van der Waals surface area contributed by atoms with Gasteiger partial charge in [-0.25, -0.2) is 0 Å². The number of nitro benzene ring substituents is 1. The smallest absolute Gasteiger partial charge is 0.298 e. The zero-order chi connectivity index (χ0) is 15.0. The van der Waals surface area contributed by atoms with E-state index in [1.54, 1.807) is 13.0 Å². The van der Waals surface area contributed by atoms with Gasteiger partial charge in [0.15, 0.2) is 11.1 Å². The highest BCUT2D eigenvalue weighted by Gasteiger charge is 2.26. The van der Waals surface area contributed by atoms with Crippen molar-refractivity contribution < 1.29 is 14.1 Å². The largest absolute Gasteiger partial charge is 0.423 e. The van der Waals surface area contributed by atoms with Crippen LogP contribution in [0.25, 0.3) is 11.1 Å². The predicted molar refractivity (Wildman–Crippen MR) is 74.9 cm³/mol. The van der Waals surface area contributed by atoms with E-state index in [0.29, 0.717) is 5.58 Å². The van der Waals surface area contributed by atoms with Crippen LogP contribution in [0.2, 0.25) is 0 Å². The van der Waals surface area contributed by atoms with E-state index in [1.807, 2.05) is 0 Å². The number of non-ortho nitro benzene ring substituents is 1. The SMILES string of the molecule is CC(Nc1nc2c([N+](=O)[O-])cccc2o1)C(=O)NC1CC1. The van der Waals surface area contributed by atoms with E-state index in [1.165, 1.54) is 12.1 Å². The summed E-state index contributed by atoms with van der Waals surface area (Å²) in [7, 11) is 0. The van der Waals surface area contributed by atoms with Crippen molar-refractivity contribution in [3.63, 3.8) is 0 Å². The van der Waals surface area contributed by atoms with E-state index in [0.717, 1.165) is 12.8 Å². The highest BCUT2D eigenvalue weighted by molar-refractivity contribution is 5.86. The Bertz CT molecular complexity index is 707. The van der Waals surface area contributed by atoms with Crippen LogP contribution in [0, 0.1) is 10.1 Å². The van der Waals surface area contributed by atoms with Crippen molar-refractivity contribution in [3.8, 4) is 0 Å². The average Bonchev–Trinajstić information content (AvgIpc) is 3.15. The number of nitrogens with one attached hydrogen (secondary N) is 2. The lowest BCUT2D eigenvalue weighted by molar-refractivity contribution is -0.383. The molecule has 1 atom stereocenters. The molecule has 0 spiro atoms. The van der Waals surface area contributed by atoms with Crippen LogP contribution < -0.4 is 10.6 Å². The van der Waals surface area contributed by atoms with Crippen molar-refractivity contribution in [2.75, 3.05) is 5.32 Å². The summed E-state index contributed by atoms with van der Waals surface area (Å²) in [5.41, 5.74) is 0.348. The highest BCUT2D eigenvalue weighted by atomic mass is 16.6. The second-order valence-electron chi connectivity index (χ2n) is 5.05. The Kier molecular flexibility index (Phi) is 3.20. The van der Waals surface area contributed by atoms with Gasteiger partial charge in [-0.1, -0.05) is 6.07 Å². The van der Waals surface area contributed by atoms with Crippen molar-refractivity contribution in [3.05, 3.63) is 28.3 Å². The molecule has 0 aliphatic heterocycles. The maximum absolute atomic E-state index is 11.8. The van der Waals surface area contributed by atoms with Crippen molar-refractivity contribution in [1.82, 2.24) is 10.3 Å². The molecular weight excluding hydrogens is 276 g/mol. The van der Waals surface area contributed by atoms with Gasteiger partial charge in [0.2, 0.25) is 5.91 Å². The van der Waals surface area contributed by atoms with Crippen LogP contribution in [0.15, 0.2) is 22.6 Å². The molecule has 0 bridgehead atoms. The van der Waals surface area contributed by atoms with Crippen LogP contribution >= 0.6 is 0 Å². The Balaban J connectivity index is 1.79. The van der Waals surface area contributed by atoms with E-state index in [2.05, 4.69) is 15.6 Å². The van der Waals surface area contributed by atoms with Crippen molar-refractivity contribution in [2.45, 2.75) is 31.8 Å². The summed E-state index contributed by atoms with van der Waals surface area (Å²) in [5.74, 6) is -0.144. The predicted octanol–water partition coefficient (Wildman–Crippen LogP) is 1.81. The fourth-order valence-electron chi connectivity index (χ4n) is 1.95. The van der Waals surface area contributed by atoms with Crippen molar-refractivity contribution >= 4 is 28.7 Å². The lowest BCUT2D eigenvalue weighted by atomic mass is 10.3. The highest BCUT2D eigenvalue weighted by Crippen LogP contribution is 2.27. The van der Waals surface area contributed by atoms with Crippen LogP contribution in [-0.4, -0.2) is 27.9 Å². The first-order valence-corrected chi connectivity index (χ1v) is 6.65. The Morgan fingerprint density at radius 3 is 2.95 bits per heavy atom.